The fraction of sp³-hybridized carbons (Fsp3) is 0.440. The molecule has 1 saturated heterocycles. The number of benzene rings is 2. The zero-order valence-electron chi connectivity index (χ0n) is 20.8. The number of nitro groups is 1. The number of hydrogen-bond donors (Lipinski definition) is 1. The molecule has 2 amide bonds. The minimum Gasteiger partial charge on any atom is -0.337 e. The minimum absolute atomic E-state index is 0.0484. The third-order valence-electron chi connectivity index (χ3n) is 6.31. The molecular formula is C25H31ClN4O6S. The van der Waals surface area contributed by atoms with Gasteiger partial charge in [0.05, 0.1) is 9.82 Å². The second kappa shape index (κ2) is 12.5. The van der Waals surface area contributed by atoms with E-state index in [1.807, 2.05) is 19.9 Å². The third kappa shape index (κ3) is 7.27. The molecule has 1 aliphatic rings. The number of halogens is 1. The highest BCUT2D eigenvalue weighted by atomic mass is 35.5. The maximum absolute atomic E-state index is 13.6. The van der Waals surface area contributed by atoms with Gasteiger partial charge in [0.15, 0.2) is 0 Å². The van der Waals surface area contributed by atoms with Gasteiger partial charge in [-0.15, -0.1) is 0 Å². The second-order valence-corrected chi connectivity index (χ2v) is 11.2. The lowest BCUT2D eigenvalue weighted by Crippen LogP contribution is -2.59. The highest BCUT2D eigenvalue weighted by Crippen LogP contribution is 2.27. The Morgan fingerprint density at radius 3 is 2.51 bits per heavy atom. The average Bonchev–Trinajstić information content (AvgIpc) is 2.86. The van der Waals surface area contributed by atoms with Gasteiger partial charge in [0.2, 0.25) is 21.8 Å². The Hall–Kier alpha value is -3.02. The quantitative estimate of drug-likeness (QED) is 0.356. The van der Waals surface area contributed by atoms with E-state index in [0.717, 1.165) is 36.6 Å². The van der Waals surface area contributed by atoms with Crippen molar-refractivity contribution in [2.24, 2.45) is 0 Å². The largest absolute Gasteiger partial charge is 0.337 e. The molecule has 1 aliphatic heterocycles. The third-order valence-corrected chi connectivity index (χ3v) is 8.10. The van der Waals surface area contributed by atoms with Gasteiger partial charge < -0.3 is 9.80 Å². The van der Waals surface area contributed by atoms with Gasteiger partial charge in [-0.3, -0.25) is 19.7 Å². The molecule has 2 aromatic carbocycles. The molecule has 37 heavy (non-hydrogen) atoms. The molecule has 12 heteroatoms. The van der Waals surface area contributed by atoms with Gasteiger partial charge in [-0.05, 0) is 37.5 Å². The molecule has 2 unspecified atom stereocenters. The standard InChI is InChI=1S/C25H31ClN4O6S/c1-3-4-10-24(31)29-14-13-28(17-18(29)2)25(32)22(15-19-8-6-5-7-9-19)27-37(35,36)20-11-12-21(26)23(16-20)30(33)34/h5-9,11-12,16,18,22,27H,3-4,10,13-15,17H2,1-2H3. The number of nitro benzene ring substituents is 1. The van der Waals surface area contributed by atoms with E-state index >= 15 is 0 Å². The van der Waals surface area contributed by atoms with E-state index in [1.165, 1.54) is 0 Å². The van der Waals surface area contributed by atoms with E-state index in [0.29, 0.717) is 13.0 Å². The number of sulfonamides is 1. The van der Waals surface area contributed by atoms with Gasteiger partial charge in [0, 0.05) is 38.2 Å². The summed E-state index contributed by atoms with van der Waals surface area (Å²) in [6.07, 6.45) is 2.25. The van der Waals surface area contributed by atoms with Crippen molar-refractivity contribution in [1.82, 2.24) is 14.5 Å². The zero-order chi connectivity index (χ0) is 27.2. The minimum atomic E-state index is -4.31. The van der Waals surface area contributed by atoms with Crippen molar-refractivity contribution in [1.29, 1.82) is 0 Å². The number of piperazine rings is 1. The Morgan fingerprint density at radius 1 is 1.19 bits per heavy atom. The van der Waals surface area contributed by atoms with Gasteiger partial charge >= 0.3 is 0 Å². The molecule has 10 nitrogen and oxygen atoms in total. The Labute approximate surface area is 221 Å². The van der Waals surface area contributed by atoms with Crippen molar-refractivity contribution in [3.8, 4) is 0 Å². The lowest BCUT2D eigenvalue weighted by Gasteiger charge is -2.41. The molecule has 2 atom stereocenters. The summed E-state index contributed by atoms with van der Waals surface area (Å²) >= 11 is 5.84. The van der Waals surface area contributed by atoms with Crippen LogP contribution >= 0.6 is 11.6 Å². The van der Waals surface area contributed by atoms with Crippen molar-refractivity contribution in [2.45, 2.75) is 56.5 Å². The first-order chi connectivity index (χ1) is 17.5. The zero-order valence-corrected chi connectivity index (χ0v) is 22.4. The van der Waals surface area contributed by atoms with Crippen molar-refractivity contribution in [2.75, 3.05) is 19.6 Å². The summed E-state index contributed by atoms with van der Waals surface area (Å²) in [4.78, 5) is 39.6. The van der Waals surface area contributed by atoms with Gasteiger partial charge in [0.25, 0.3) is 5.69 Å². The molecule has 1 N–H and O–H groups in total. The van der Waals surface area contributed by atoms with Crippen LogP contribution in [0.3, 0.4) is 0 Å². The highest BCUT2D eigenvalue weighted by Gasteiger charge is 2.35. The van der Waals surface area contributed by atoms with E-state index in [1.54, 1.807) is 34.1 Å². The van der Waals surface area contributed by atoms with Crippen molar-refractivity contribution in [3.63, 3.8) is 0 Å². The van der Waals surface area contributed by atoms with Crippen molar-refractivity contribution < 1.29 is 22.9 Å². The van der Waals surface area contributed by atoms with E-state index < -0.39 is 32.6 Å². The normalized spacial score (nSPS) is 16.9. The average molecular weight is 551 g/mol. The maximum atomic E-state index is 13.6. The molecule has 0 bridgehead atoms. The number of nitrogens with one attached hydrogen (secondary N) is 1. The smallest absolute Gasteiger partial charge is 0.289 e. The second-order valence-electron chi connectivity index (χ2n) is 9.06. The summed E-state index contributed by atoms with van der Waals surface area (Å²) in [6.45, 7) is 4.80. The van der Waals surface area contributed by atoms with Crippen LogP contribution in [0.5, 0.6) is 0 Å². The van der Waals surface area contributed by atoms with Crippen LogP contribution in [0, 0.1) is 10.1 Å². The number of carbonyl (C=O) groups excluding carboxylic acids is 2. The number of hydrogen-bond acceptors (Lipinski definition) is 6. The molecule has 2 aromatic rings. The van der Waals surface area contributed by atoms with Crippen LogP contribution in [0.2, 0.25) is 5.02 Å². The molecule has 200 valence electrons. The summed E-state index contributed by atoms with van der Waals surface area (Å²) in [7, 11) is -4.31. The van der Waals surface area contributed by atoms with Crippen LogP contribution in [-0.2, 0) is 26.0 Å². The van der Waals surface area contributed by atoms with Gasteiger partial charge in [0.1, 0.15) is 11.1 Å². The van der Waals surface area contributed by atoms with Crippen LogP contribution in [-0.4, -0.2) is 66.7 Å². The lowest BCUT2D eigenvalue weighted by molar-refractivity contribution is -0.384. The molecule has 0 saturated carbocycles. The van der Waals surface area contributed by atoms with E-state index in [2.05, 4.69) is 4.72 Å². The van der Waals surface area contributed by atoms with Crippen LogP contribution in [0.15, 0.2) is 53.4 Å². The predicted molar refractivity (Wildman–Crippen MR) is 140 cm³/mol. The fourth-order valence-electron chi connectivity index (χ4n) is 4.30. The number of unbranched alkanes of at least 4 members (excludes halogenated alkanes) is 1. The van der Waals surface area contributed by atoms with Crippen molar-refractivity contribution in [3.05, 3.63) is 69.2 Å². The van der Waals surface area contributed by atoms with Crippen LogP contribution in [0.1, 0.15) is 38.7 Å². The number of carbonyl (C=O) groups is 2. The molecule has 1 heterocycles. The Kier molecular flexibility index (Phi) is 9.63. The van der Waals surface area contributed by atoms with Crippen molar-refractivity contribution >= 4 is 39.1 Å². The topological polar surface area (TPSA) is 130 Å². The van der Waals surface area contributed by atoms with E-state index in [9.17, 15) is 28.1 Å². The molecule has 1 fully saturated rings. The Morgan fingerprint density at radius 2 is 1.89 bits per heavy atom. The molecule has 3 rings (SSSR count). The van der Waals surface area contributed by atoms with Crippen LogP contribution < -0.4 is 4.72 Å². The Balaban J connectivity index is 1.83. The summed E-state index contributed by atoms with van der Waals surface area (Å²) < 4.78 is 28.9. The highest BCUT2D eigenvalue weighted by molar-refractivity contribution is 7.89. The van der Waals surface area contributed by atoms with Crippen LogP contribution in [0.25, 0.3) is 0 Å². The van der Waals surface area contributed by atoms with E-state index in [4.69, 9.17) is 11.6 Å². The van der Waals surface area contributed by atoms with Gasteiger partial charge in [-0.2, -0.15) is 4.72 Å². The first kappa shape index (κ1) is 28.5. The summed E-state index contributed by atoms with van der Waals surface area (Å²) in [5.74, 6) is -0.379. The summed E-state index contributed by atoms with van der Waals surface area (Å²) in [5.41, 5.74) is 0.195. The van der Waals surface area contributed by atoms with E-state index in [-0.39, 0.29) is 41.4 Å². The Bertz CT molecular complexity index is 1240. The molecule has 0 spiro atoms. The summed E-state index contributed by atoms with van der Waals surface area (Å²) in [6, 6.07) is 10.8. The number of amides is 2. The SMILES string of the molecule is CCCCC(=O)N1CCN(C(=O)C(Cc2ccccc2)NS(=O)(=O)c2ccc(Cl)c([N+](=O)[O-])c2)CC1C. The lowest BCUT2D eigenvalue weighted by atomic mass is 10.0. The molecule has 0 aromatic heterocycles. The fourth-order valence-corrected chi connectivity index (χ4v) is 5.70. The molecule has 0 aliphatic carbocycles. The number of rotatable bonds is 10. The maximum Gasteiger partial charge on any atom is 0.289 e. The first-order valence-corrected chi connectivity index (χ1v) is 14.0. The van der Waals surface area contributed by atoms with Crippen LogP contribution in [0.4, 0.5) is 5.69 Å². The molecule has 0 radical (unpaired) electrons. The summed E-state index contributed by atoms with van der Waals surface area (Å²) in [5, 5.41) is 11.1. The van der Waals surface area contributed by atoms with Gasteiger partial charge in [-0.1, -0.05) is 55.3 Å². The first-order valence-electron chi connectivity index (χ1n) is 12.1. The predicted octanol–water partition coefficient (Wildman–Crippen LogP) is 3.39. The number of nitrogens with zero attached hydrogens (tertiary/aromatic N) is 3. The molecular weight excluding hydrogens is 520 g/mol. The van der Waals surface area contributed by atoms with Gasteiger partial charge in [-0.25, -0.2) is 8.42 Å². The monoisotopic (exact) mass is 550 g/mol.